The fourth-order valence-electron chi connectivity index (χ4n) is 1.36. The quantitative estimate of drug-likeness (QED) is 0.593. The molecule has 0 aromatic heterocycles. The van der Waals surface area contributed by atoms with Crippen LogP contribution in [0.2, 0.25) is 23.2 Å². The molecule has 2 nitrogen and oxygen atoms in total. The molecule has 0 fully saturated rings. The van der Waals surface area contributed by atoms with Gasteiger partial charge in [-0.3, -0.25) is 0 Å². The van der Waals surface area contributed by atoms with Gasteiger partial charge in [-0.2, -0.15) is 0 Å². The molecule has 0 N–H and O–H groups in total. The van der Waals surface area contributed by atoms with E-state index in [4.69, 9.17) is 16.0 Å². The lowest BCUT2D eigenvalue weighted by Gasteiger charge is -2.38. The highest BCUT2D eigenvalue weighted by atomic mass is 35.5. The number of aldehydes is 1. The molecule has 1 atom stereocenters. The molecule has 0 saturated carbocycles. The van der Waals surface area contributed by atoms with Crippen molar-refractivity contribution in [3.63, 3.8) is 0 Å². The predicted molar refractivity (Wildman–Crippen MR) is 78.5 cm³/mol. The van der Waals surface area contributed by atoms with Gasteiger partial charge < -0.3 is 9.22 Å². The minimum absolute atomic E-state index is 0.0147. The number of carbonyl (C=O) groups is 1. The highest BCUT2D eigenvalue weighted by molar-refractivity contribution is 6.74. The van der Waals surface area contributed by atoms with E-state index in [2.05, 4.69) is 33.9 Å². The number of hydrogen-bond donors (Lipinski definition) is 0. The zero-order valence-corrected chi connectivity index (χ0v) is 13.7. The molecule has 0 aliphatic rings. The smallest absolute Gasteiger partial charge is 0.193 e. The highest BCUT2D eigenvalue weighted by Gasteiger charge is 2.39. The summed E-state index contributed by atoms with van der Waals surface area (Å²) in [5.74, 6) is -0.537. The van der Waals surface area contributed by atoms with Crippen LogP contribution in [0.3, 0.4) is 0 Å². The third kappa shape index (κ3) is 3.88. The van der Waals surface area contributed by atoms with Crippen molar-refractivity contribution in [2.75, 3.05) is 0 Å². The lowest BCUT2D eigenvalue weighted by atomic mass is 10.1. The maximum atomic E-state index is 13.5. The van der Waals surface area contributed by atoms with Crippen molar-refractivity contribution in [3.05, 3.63) is 34.6 Å². The van der Waals surface area contributed by atoms with E-state index in [0.29, 0.717) is 11.8 Å². The van der Waals surface area contributed by atoms with E-state index in [1.54, 1.807) is 6.07 Å². The van der Waals surface area contributed by atoms with Gasteiger partial charge in [0.05, 0.1) is 5.02 Å². The molecule has 0 radical (unpaired) electrons. The minimum Gasteiger partial charge on any atom is -0.403 e. The topological polar surface area (TPSA) is 26.3 Å². The molecular formula is C14H20ClFO2Si. The average molecular weight is 303 g/mol. The van der Waals surface area contributed by atoms with Gasteiger partial charge in [0, 0.05) is 0 Å². The third-order valence-electron chi connectivity index (χ3n) is 3.62. The number of rotatable bonds is 4. The second-order valence-electron chi connectivity index (χ2n) is 6.11. The first-order chi connectivity index (χ1) is 8.58. The molecule has 1 unspecified atom stereocenters. The Morgan fingerprint density at radius 2 is 1.95 bits per heavy atom. The molecule has 19 heavy (non-hydrogen) atoms. The summed E-state index contributed by atoms with van der Waals surface area (Å²) in [6, 6.07) is 4.32. The molecule has 0 aliphatic heterocycles. The Balaban J connectivity index is 3.02. The van der Waals surface area contributed by atoms with Gasteiger partial charge in [0.1, 0.15) is 11.9 Å². The molecule has 106 valence electrons. The Labute approximate surface area is 120 Å². The van der Waals surface area contributed by atoms with Crippen LogP contribution in [0.5, 0.6) is 0 Å². The van der Waals surface area contributed by atoms with Crippen molar-refractivity contribution < 1.29 is 13.6 Å². The van der Waals surface area contributed by atoms with Gasteiger partial charge in [0.25, 0.3) is 0 Å². The first kappa shape index (κ1) is 16.3. The van der Waals surface area contributed by atoms with Gasteiger partial charge in [-0.1, -0.05) is 38.4 Å². The van der Waals surface area contributed by atoms with Crippen molar-refractivity contribution in [3.8, 4) is 0 Å². The predicted octanol–water partition coefficient (Wildman–Crippen LogP) is 4.74. The van der Waals surface area contributed by atoms with Crippen molar-refractivity contribution >= 4 is 26.2 Å². The van der Waals surface area contributed by atoms with Gasteiger partial charge in [-0.15, -0.1) is 0 Å². The summed E-state index contributed by atoms with van der Waals surface area (Å²) in [4.78, 5) is 11.2. The van der Waals surface area contributed by atoms with Crippen molar-refractivity contribution in [1.29, 1.82) is 0 Å². The Morgan fingerprint density at radius 3 is 2.37 bits per heavy atom. The lowest BCUT2D eigenvalue weighted by Crippen LogP contribution is -2.42. The van der Waals surface area contributed by atoms with Crippen LogP contribution in [0.1, 0.15) is 32.4 Å². The monoisotopic (exact) mass is 302 g/mol. The second kappa shape index (κ2) is 5.73. The Hall–Kier alpha value is -0.713. The van der Waals surface area contributed by atoms with E-state index >= 15 is 0 Å². The molecule has 0 amide bonds. The van der Waals surface area contributed by atoms with Crippen LogP contribution in [0.25, 0.3) is 0 Å². The summed E-state index contributed by atoms with van der Waals surface area (Å²) < 4.78 is 19.4. The molecule has 5 heteroatoms. The second-order valence-corrected chi connectivity index (χ2v) is 11.3. The number of benzene rings is 1. The molecule has 0 bridgehead atoms. The lowest BCUT2D eigenvalue weighted by molar-refractivity contribution is -0.114. The summed E-state index contributed by atoms with van der Waals surface area (Å²) in [7, 11) is -2.09. The molecule has 0 heterocycles. The van der Waals surface area contributed by atoms with Crippen LogP contribution in [-0.4, -0.2) is 14.6 Å². The van der Waals surface area contributed by atoms with Crippen molar-refractivity contribution in [1.82, 2.24) is 0 Å². The molecule has 0 spiro atoms. The maximum Gasteiger partial charge on any atom is 0.193 e. The first-order valence-electron chi connectivity index (χ1n) is 6.16. The Morgan fingerprint density at radius 1 is 1.37 bits per heavy atom. The molecule has 0 saturated heterocycles. The minimum atomic E-state index is -2.09. The van der Waals surface area contributed by atoms with Gasteiger partial charge in [-0.25, -0.2) is 4.39 Å². The fourth-order valence-corrected chi connectivity index (χ4v) is 2.66. The zero-order chi connectivity index (χ0) is 14.8. The SMILES string of the molecule is CC(C)(C)[Si](C)(C)OC(C=O)c1ccc(Cl)c(F)c1. The van der Waals surface area contributed by atoms with E-state index in [-0.39, 0.29) is 10.1 Å². The van der Waals surface area contributed by atoms with E-state index in [1.165, 1.54) is 12.1 Å². The number of halogens is 2. The number of hydrogen-bond acceptors (Lipinski definition) is 2. The van der Waals surface area contributed by atoms with Crippen LogP contribution in [0.15, 0.2) is 18.2 Å². The van der Waals surface area contributed by atoms with Gasteiger partial charge >= 0.3 is 0 Å². The largest absolute Gasteiger partial charge is 0.403 e. The van der Waals surface area contributed by atoms with Crippen molar-refractivity contribution in [2.45, 2.75) is 45.0 Å². The zero-order valence-electron chi connectivity index (χ0n) is 12.0. The maximum absolute atomic E-state index is 13.5. The standard InChI is InChI=1S/C14H20ClFO2Si/c1-14(2,3)19(4,5)18-13(9-17)10-6-7-11(15)12(16)8-10/h6-9,13H,1-5H3. The summed E-state index contributed by atoms with van der Waals surface area (Å²) in [5.41, 5.74) is 0.502. The summed E-state index contributed by atoms with van der Waals surface area (Å²) in [5, 5.41) is 0.0277. The van der Waals surface area contributed by atoms with Gasteiger partial charge in [-0.05, 0) is 35.8 Å². The molecule has 1 aromatic carbocycles. The van der Waals surface area contributed by atoms with E-state index in [0.717, 1.165) is 0 Å². The molecular weight excluding hydrogens is 283 g/mol. The molecule has 1 aromatic rings. The summed E-state index contributed by atoms with van der Waals surface area (Å²) in [6.45, 7) is 10.4. The Kier molecular flexibility index (Phi) is 4.93. The van der Waals surface area contributed by atoms with Crippen molar-refractivity contribution in [2.24, 2.45) is 0 Å². The highest BCUT2D eigenvalue weighted by Crippen LogP contribution is 2.39. The van der Waals surface area contributed by atoms with Gasteiger partial charge in [0.15, 0.2) is 14.6 Å². The first-order valence-corrected chi connectivity index (χ1v) is 9.45. The molecule has 0 aliphatic carbocycles. The van der Waals surface area contributed by atoms with Crippen LogP contribution >= 0.6 is 11.6 Å². The van der Waals surface area contributed by atoms with Crippen LogP contribution in [0, 0.1) is 5.82 Å². The third-order valence-corrected chi connectivity index (χ3v) is 8.39. The fraction of sp³-hybridized carbons (Fsp3) is 0.500. The Bertz CT molecular complexity index is 469. The van der Waals surface area contributed by atoms with E-state index in [1.807, 2.05) is 0 Å². The van der Waals surface area contributed by atoms with Crippen LogP contribution in [0.4, 0.5) is 4.39 Å². The van der Waals surface area contributed by atoms with Crippen LogP contribution < -0.4 is 0 Å². The van der Waals surface area contributed by atoms with E-state index in [9.17, 15) is 9.18 Å². The van der Waals surface area contributed by atoms with Gasteiger partial charge in [0.2, 0.25) is 0 Å². The summed E-state index contributed by atoms with van der Waals surface area (Å²) in [6.07, 6.45) is -0.0314. The summed E-state index contributed by atoms with van der Waals surface area (Å²) >= 11 is 5.64. The molecule has 1 rings (SSSR count). The van der Waals surface area contributed by atoms with Crippen LogP contribution in [-0.2, 0) is 9.22 Å². The number of carbonyl (C=O) groups excluding carboxylic acids is 1. The average Bonchev–Trinajstić information content (AvgIpc) is 2.28. The normalized spacial score (nSPS) is 14.3. The van der Waals surface area contributed by atoms with E-state index < -0.39 is 20.2 Å².